The summed E-state index contributed by atoms with van der Waals surface area (Å²) in [6.45, 7) is 8.18. The molecule has 2 bridgehead atoms. The van der Waals surface area contributed by atoms with Crippen molar-refractivity contribution in [3.63, 3.8) is 0 Å². The van der Waals surface area contributed by atoms with Crippen LogP contribution in [0.25, 0.3) is 0 Å². The molecule has 4 atom stereocenters. The Bertz CT molecular complexity index is 736. The molecule has 0 aromatic heterocycles. The van der Waals surface area contributed by atoms with Gasteiger partial charge in [0.25, 0.3) is 0 Å². The fourth-order valence-corrected chi connectivity index (χ4v) is 5.69. The molecule has 0 radical (unpaired) electrons. The van der Waals surface area contributed by atoms with Gasteiger partial charge in [0, 0.05) is 5.92 Å². The van der Waals surface area contributed by atoms with Crippen LogP contribution in [0.1, 0.15) is 36.5 Å². The van der Waals surface area contributed by atoms with Crippen molar-refractivity contribution in [1.82, 2.24) is 0 Å². The Morgan fingerprint density at radius 2 is 1.71 bits per heavy atom. The predicted molar refractivity (Wildman–Crippen MR) is 94.6 cm³/mol. The number of benzene rings is 1. The van der Waals surface area contributed by atoms with Gasteiger partial charge >= 0.3 is 0 Å². The fraction of sp³-hybridized carbons (Fsp3) is 0.524. The van der Waals surface area contributed by atoms with Gasteiger partial charge in [0.1, 0.15) is 0 Å². The van der Waals surface area contributed by atoms with E-state index in [9.17, 15) is 9.59 Å². The maximum absolute atomic E-state index is 13.3. The zero-order valence-corrected chi connectivity index (χ0v) is 14.9. The fourth-order valence-electron chi connectivity index (χ4n) is 5.69. The summed E-state index contributed by atoms with van der Waals surface area (Å²) in [4.78, 5) is 26.6. The number of nitrogens with zero attached hydrogens (tertiary/aromatic N) is 1. The molecule has 2 saturated carbocycles. The van der Waals surface area contributed by atoms with E-state index >= 15 is 0 Å². The zero-order chi connectivity index (χ0) is 17.2. The molecule has 3 heteroatoms. The number of aryl methyl sites for hydroxylation is 3. The summed E-state index contributed by atoms with van der Waals surface area (Å²) >= 11 is 0. The molecule has 24 heavy (non-hydrogen) atoms. The molecule has 3 aliphatic rings. The van der Waals surface area contributed by atoms with E-state index in [0.29, 0.717) is 23.2 Å². The summed E-state index contributed by atoms with van der Waals surface area (Å²) in [7, 11) is 0. The molecule has 126 valence electrons. The maximum atomic E-state index is 13.3. The highest BCUT2D eigenvalue weighted by molar-refractivity contribution is 6.09. The molecule has 2 amide bonds. The molecule has 0 unspecified atom stereocenters. The molecule has 0 aliphatic heterocycles. The summed E-state index contributed by atoms with van der Waals surface area (Å²) in [5.41, 5.74) is 4.23. The van der Waals surface area contributed by atoms with E-state index in [4.69, 9.17) is 0 Å². The summed E-state index contributed by atoms with van der Waals surface area (Å²) in [6, 6.07) is 4.08. The summed E-state index contributed by atoms with van der Waals surface area (Å²) in [5, 5.41) is 0. The third-order valence-corrected chi connectivity index (χ3v) is 6.70. The molecule has 3 aliphatic carbocycles. The summed E-state index contributed by atoms with van der Waals surface area (Å²) < 4.78 is 0. The standard InChI is InChI=1S/C21H25NO2/c1-12-9-13(2)19(14(3)10-12)22(11-23)20(24)18-15(4)16-5-6-17(18)21(16)7-8-21/h5-6,9-11,15-18H,7-8H2,1-4H3/t15-,16+,17+,18+/m0/s1. The number of hydrogen-bond acceptors (Lipinski definition) is 2. The molecule has 1 aromatic carbocycles. The van der Waals surface area contributed by atoms with Crippen LogP contribution in [0.4, 0.5) is 5.69 Å². The number of carbonyl (C=O) groups is 2. The molecule has 1 spiro atoms. The van der Waals surface area contributed by atoms with Crippen molar-refractivity contribution in [1.29, 1.82) is 0 Å². The summed E-state index contributed by atoms with van der Waals surface area (Å²) in [5.74, 6) is 1.08. The third kappa shape index (κ3) is 1.90. The van der Waals surface area contributed by atoms with Gasteiger partial charge < -0.3 is 0 Å². The third-order valence-electron chi connectivity index (χ3n) is 6.70. The number of imide groups is 1. The predicted octanol–water partition coefficient (Wildman–Crippen LogP) is 3.95. The number of rotatable bonds is 3. The van der Waals surface area contributed by atoms with Crippen molar-refractivity contribution in [2.24, 2.45) is 29.1 Å². The van der Waals surface area contributed by atoms with Gasteiger partial charge in [-0.3, -0.25) is 14.5 Å². The van der Waals surface area contributed by atoms with Crippen LogP contribution in [0.2, 0.25) is 0 Å². The molecule has 0 N–H and O–H groups in total. The van der Waals surface area contributed by atoms with Gasteiger partial charge in [-0.25, -0.2) is 0 Å². The van der Waals surface area contributed by atoms with Gasteiger partial charge in [-0.2, -0.15) is 0 Å². The molecule has 3 nitrogen and oxygen atoms in total. The first-order valence-electron chi connectivity index (χ1n) is 8.95. The first-order chi connectivity index (χ1) is 11.4. The SMILES string of the molecule is Cc1cc(C)c(N(C=O)C(=O)[C@@H]2[C@@H](C)[C@H]3C=C[C@H]2C32CC2)c(C)c1. The van der Waals surface area contributed by atoms with E-state index in [1.807, 2.05) is 32.9 Å². The smallest absolute Gasteiger partial charge is 0.237 e. The van der Waals surface area contributed by atoms with E-state index in [0.717, 1.165) is 28.8 Å². The van der Waals surface area contributed by atoms with Crippen molar-refractivity contribution >= 4 is 18.0 Å². The monoisotopic (exact) mass is 323 g/mol. The lowest BCUT2D eigenvalue weighted by Crippen LogP contribution is -2.40. The highest BCUT2D eigenvalue weighted by Crippen LogP contribution is 2.72. The Morgan fingerprint density at radius 1 is 1.12 bits per heavy atom. The molecule has 2 fully saturated rings. The second-order valence-corrected chi connectivity index (χ2v) is 8.12. The average Bonchev–Trinajstić information content (AvgIpc) is 3.17. The van der Waals surface area contributed by atoms with Gasteiger partial charge in [0.15, 0.2) is 0 Å². The van der Waals surface area contributed by atoms with Gasteiger partial charge in [-0.15, -0.1) is 0 Å². The second kappa shape index (κ2) is 5.05. The van der Waals surface area contributed by atoms with Crippen LogP contribution in [-0.4, -0.2) is 12.3 Å². The molecule has 1 aromatic rings. The number of amides is 2. The number of allylic oxidation sites excluding steroid dienone is 2. The van der Waals surface area contributed by atoms with Crippen LogP contribution in [0, 0.1) is 49.9 Å². The Kier molecular flexibility index (Phi) is 3.28. The van der Waals surface area contributed by atoms with E-state index in [1.54, 1.807) is 0 Å². The Morgan fingerprint density at radius 3 is 2.21 bits per heavy atom. The number of carbonyl (C=O) groups excluding carboxylic acids is 2. The molecule has 0 saturated heterocycles. The van der Waals surface area contributed by atoms with Gasteiger partial charge in [-0.1, -0.05) is 36.8 Å². The van der Waals surface area contributed by atoms with Crippen LogP contribution < -0.4 is 4.90 Å². The second-order valence-electron chi connectivity index (χ2n) is 8.12. The van der Waals surface area contributed by atoms with Crippen LogP contribution in [0.3, 0.4) is 0 Å². The number of anilines is 1. The minimum atomic E-state index is -0.0622. The van der Waals surface area contributed by atoms with Crippen molar-refractivity contribution in [2.75, 3.05) is 4.90 Å². The van der Waals surface area contributed by atoms with E-state index < -0.39 is 0 Å². The first-order valence-corrected chi connectivity index (χ1v) is 8.95. The van der Waals surface area contributed by atoms with Gasteiger partial charge in [0.2, 0.25) is 12.3 Å². The Hall–Kier alpha value is -1.90. The van der Waals surface area contributed by atoms with Crippen molar-refractivity contribution in [2.45, 2.75) is 40.5 Å². The van der Waals surface area contributed by atoms with Crippen LogP contribution in [-0.2, 0) is 9.59 Å². The van der Waals surface area contributed by atoms with E-state index in [-0.39, 0.29) is 11.8 Å². The molecule has 0 heterocycles. The molecular formula is C21H25NO2. The molecule has 4 rings (SSSR count). The highest BCUT2D eigenvalue weighted by atomic mass is 16.2. The minimum Gasteiger partial charge on any atom is -0.278 e. The molecular weight excluding hydrogens is 298 g/mol. The van der Waals surface area contributed by atoms with Gasteiger partial charge in [0.05, 0.1) is 5.69 Å². The lowest BCUT2D eigenvalue weighted by Gasteiger charge is -2.29. The van der Waals surface area contributed by atoms with E-state index in [2.05, 4.69) is 19.1 Å². The van der Waals surface area contributed by atoms with Crippen molar-refractivity contribution < 1.29 is 9.59 Å². The van der Waals surface area contributed by atoms with Crippen LogP contribution in [0.5, 0.6) is 0 Å². The quantitative estimate of drug-likeness (QED) is 0.624. The maximum Gasteiger partial charge on any atom is 0.237 e. The lowest BCUT2D eigenvalue weighted by atomic mass is 9.83. The van der Waals surface area contributed by atoms with Crippen LogP contribution >= 0.6 is 0 Å². The minimum absolute atomic E-state index is 0.0179. The van der Waals surface area contributed by atoms with Crippen molar-refractivity contribution in [3.05, 3.63) is 41.0 Å². The summed E-state index contributed by atoms with van der Waals surface area (Å²) in [6.07, 6.45) is 7.74. The van der Waals surface area contributed by atoms with E-state index in [1.165, 1.54) is 17.7 Å². The van der Waals surface area contributed by atoms with Crippen molar-refractivity contribution in [3.8, 4) is 0 Å². The van der Waals surface area contributed by atoms with Gasteiger partial charge in [-0.05, 0) is 67.9 Å². The Balaban J connectivity index is 1.71. The normalized spacial score (nSPS) is 31.5. The zero-order valence-electron chi connectivity index (χ0n) is 14.9. The average molecular weight is 323 g/mol. The number of hydrogen-bond donors (Lipinski definition) is 0. The topological polar surface area (TPSA) is 37.4 Å². The first kappa shape index (κ1) is 15.6. The Labute approximate surface area is 143 Å². The highest BCUT2D eigenvalue weighted by Gasteiger charge is 2.67. The van der Waals surface area contributed by atoms with Crippen LogP contribution in [0.15, 0.2) is 24.3 Å². The lowest BCUT2D eigenvalue weighted by molar-refractivity contribution is -0.126. The largest absolute Gasteiger partial charge is 0.278 e.